The topological polar surface area (TPSA) is 32.3 Å². The number of hydrogen-bond acceptors (Lipinski definition) is 2. The molecule has 2 fully saturated rings. The number of carbonyl (C=O) groups excluding carboxylic acids is 1. The number of hydrogen-bond donors (Lipinski definition) is 1. The van der Waals surface area contributed by atoms with Gasteiger partial charge in [-0.2, -0.15) is 0 Å². The third-order valence-electron chi connectivity index (χ3n) is 6.03. The molecule has 2 aliphatic heterocycles. The molecule has 1 amide bonds. The third kappa shape index (κ3) is 4.22. The van der Waals surface area contributed by atoms with Crippen LogP contribution in [-0.2, 0) is 6.54 Å². The van der Waals surface area contributed by atoms with Gasteiger partial charge in [-0.1, -0.05) is 42.3 Å². The van der Waals surface area contributed by atoms with Crippen molar-refractivity contribution in [1.29, 1.82) is 0 Å². The fraction of sp³-hybridized carbons (Fsp3) is 0.435. The van der Waals surface area contributed by atoms with E-state index in [0.29, 0.717) is 17.6 Å². The first-order valence-electron chi connectivity index (χ1n) is 9.96. The molecule has 1 N–H and O–H groups in total. The van der Waals surface area contributed by atoms with Crippen molar-refractivity contribution in [2.75, 3.05) is 0 Å². The van der Waals surface area contributed by atoms with E-state index < -0.39 is 0 Å². The number of amides is 1. The van der Waals surface area contributed by atoms with Crippen molar-refractivity contribution in [1.82, 2.24) is 10.2 Å². The van der Waals surface area contributed by atoms with Gasteiger partial charge in [0.1, 0.15) is 5.82 Å². The molecule has 0 spiro atoms. The lowest BCUT2D eigenvalue weighted by Gasteiger charge is -2.49. The van der Waals surface area contributed by atoms with Gasteiger partial charge in [-0.15, -0.1) is 0 Å². The Morgan fingerprint density at radius 1 is 1.11 bits per heavy atom. The summed E-state index contributed by atoms with van der Waals surface area (Å²) in [7, 11) is 0. The molecule has 27 heavy (non-hydrogen) atoms. The van der Waals surface area contributed by atoms with E-state index in [9.17, 15) is 9.18 Å². The monoisotopic (exact) mass is 366 g/mol. The molecule has 2 bridgehead atoms. The highest BCUT2D eigenvalue weighted by molar-refractivity contribution is 5.94. The first kappa shape index (κ1) is 18.2. The fourth-order valence-electron chi connectivity index (χ4n) is 4.66. The molecule has 2 unspecified atom stereocenters. The highest BCUT2D eigenvalue weighted by atomic mass is 19.1. The standard InChI is InChI=1S/C23H27FN2O/c1-16-8-10-17(11-9-16)15-26-21-6-3-7-22(26)14-20(13-21)25-23(27)18-4-2-5-19(24)12-18/h2,4-5,8-12,20-22H,3,6-7,13-15H2,1H3,(H,25,27). The smallest absolute Gasteiger partial charge is 0.251 e. The second kappa shape index (κ2) is 7.81. The number of nitrogens with one attached hydrogen (secondary N) is 1. The predicted molar refractivity (Wildman–Crippen MR) is 105 cm³/mol. The van der Waals surface area contributed by atoms with Gasteiger partial charge in [0.25, 0.3) is 5.91 Å². The van der Waals surface area contributed by atoms with Crippen molar-refractivity contribution in [3.8, 4) is 0 Å². The van der Waals surface area contributed by atoms with Crippen molar-refractivity contribution < 1.29 is 9.18 Å². The fourth-order valence-corrected chi connectivity index (χ4v) is 4.66. The van der Waals surface area contributed by atoms with Gasteiger partial charge < -0.3 is 5.32 Å². The minimum Gasteiger partial charge on any atom is -0.349 e. The van der Waals surface area contributed by atoms with E-state index in [0.717, 1.165) is 19.4 Å². The largest absolute Gasteiger partial charge is 0.349 e. The Hall–Kier alpha value is -2.20. The highest BCUT2D eigenvalue weighted by Crippen LogP contribution is 2.35. The molecular weight excluding hydrogens is 339 g/mol. The number of aryl methyl sites for hydroxylation is 1. The molecule has 0 aliphatic carbocycles. The van der Waals surface area contributed by atoms with Crippen molar-refractivity contribution in [3.63, 3.8) is 0 Å². The zero-order valence-electron chi connectivity index (χ0n) is 15.8. The SMILES string of the molecule is Cc1ccc(CN2C3CCCC2CC(NC(=O)c2cccc(F)c2)C3)cc1. The summed E-state index contributed by atoms with van der Waals surface area (Å²) >= 11 is 0. The first-order valence-corrected chi connectivity index (χ1v) is 9.96. The van der Waals surface area contributed by atoms with Crippen molar-refractivity contribution in [2.24, 2.45) is 0 Å². The summed E-state index contributed by atoms with van der Waals surface area (Å²) in [5, 5.41) is 3.15. The number of fused-ring (bicyclic) bond motifs is 2. The van der Waals surface area contributed by atoms with E-state index in [4.69, 9.17) is 0 Å². The molecule has 0 aromatic heterocycles. The summed E-state index contributed by atoms with van der Waals surface area (Å²) in [6, 6.07) is 15.9. The first-order chi connectivity index (χ1) is 13.1. The number of nitrogens with zero attached hydrogens (tertiary/aromatic N) is 1. The van der Waals surface area contributed by atoms with Crippen LogP contribution in [-0.4, -0.2) is 28.9 Å². The average Bonchev–Trinajstić information content (AvgIpc) is 2.64. The second-order valence-corrected chi connectivity index (χ2v) is 8.05. The Bertz CT molecular complexity index is 790. The molecule has 142 valence electrons. The van der Waals surface area contributed by atoms with E-state index in [2.05, 4.69) is 41.4 Å². The minimum atomic E-state index is -0.368. The molecule has 2 aliphatic rings. The van der Waals surface area contributed by atoms with Gasteiger partial charge in [0.2, 0.25) is 0 Å². The Morgan fingerprint density at radius 3 is 2.48 bits per heavy atom. The number of piperidine rings is 2. The number of benzene rings is 2. The molecule has 3 nitrogen and oxygen atoms in total. The van der Waals surface area contributed by atoms with Gasteiger partial charge in [0.05, 0.1) is 0 Å². The maximum absolute atomic E-state index is 13.4. The van der Waals surface area contributed by atoms with Gasteiger partial charge in [-0.05, 0) is 56.4 Å². The van der Waals surface area contributed by atoms with Gasteiger partial charge >= 0.3 is 0 Å². The summed E-state index contributed by atoms with van der Waals surface area (Å²) in [4.78, 5) is 15.1. The maximum atomic E-state index is 13.4. The molecule has 2 aromatic carbocycles. The molecule has 2 saturated heterocycles. The maximum Gasteiger partial charge on any atom is 0.251 e. The molecule has 2 atom stereocenters. The number of rotatable bonds is 4. The van der Waals surface area contributed by atoms with Crippen LogP contribution in [0.25, 0.3) is 0 Å². The molecule has 4 heteroatoms. The van der Waals surface area contributed by atoms with Crippen molar-refractivity contribution in [3.05, 3.63) is 71.0 Å². The number of halogens is 1. The molecule has 4 rings (SSSR count). The Kier molecular flexibility index (Phi) is 5.26. The van der Waals surface area contributed by atoms with E-state index in [-0.39, 0.29) is 17.8 Å². The van der Waals surface area contributed by atoms with Crippen LogP contribution in [0.4, 0.5) is 4.39 Å². The number of carbonyl (C=O) groups is 1. The summed E-state index contributed by atoms with van der Waals surface area (Å²) in [5.41, 5.74) is 3.06. The lowest BCUT2D eigenvalue weighted by molar-refractivity contribution is 0.0177. The summed E-state index contributed by atoms with van der Waals surface area (Å²) in [5.74, 6) is -0.531. The normalized spacial score (nSPS) is 25.2. The second-order valence-electron chi connectivity index (χ2n) is 8.05. The van der Waals surface area contributed by atoms with Crippen LogP contribution in [0.5, 0.6) is 0 Å². The van der Waals surface area contributed by atoms with Crippen LogP contribution in [0.15, 0.2) is 48.5 Å². The van der Waals surface area contributed by atoms with Crippen LogP contribution >= 0.6 is 0 Å². The Balaban J connectivity index is 1.41. The van der Waals surface area contributed by atoms with E-state index >= 15 is 0 Å². The molecular formula is C23H27FN2O. The van der Waals surface area contributed by atoms with Crippen LogP contribution in [0, 0.1) is 12.7 Å². The van der Waals surface area contributed by atoms with Gasteiger partial charge in [-0.25, -0.2) is 4.39 Å². The van der Waals surface area contributed by atoms with E-state index in [1.807, 2.05) is 0 Å². The van der Waals surface area contributed by atoms with Crippen molar-refractivity contribution >= 4 is 5.91 Å². The van der Waals surface area contributed by atoms with E-state index in [1.54, 1.807) is 12.1 Å². The summed E-state index contributed by atoms with van der Waals surface area (Å²) in [6.45, 7) is 3.10. The van der Waals surface area contributed by atoms with Crippen LogP contribution in [0.1, 0.15) is 53.6 Å². The van der Waals surface area contributed by atoms with E-state index in [1.165, 1.54) is 42.5 Å². The van der Waals surface area contributed by atoms with Crippen LogP contribution in [0.2, 0.25) is 0 Å². The Morgan fingerprint density at radius 2 is 1.81 bits per heavy atom. The molecule has 2 aromatic rings. The third-order valence-corrected chi connectivity index (χ3v) is 6.03. The minimum absolute atomic E-state index is 0.162. The zero-order chi connectivity index (χ0) is 18.8. The lowest BCUT2D eigenvalue weighted by Crippen LogP contribution is -2.56. The predicted octanol–water partition coefficient (Wildman–Crippen LogP) is 4.45. The quantitative estimate of drug-likeness (QED) is 0.867. The van der Waals surface area contributed by atoms with Gasteiger partial charge in [-0.3, -0.25) is 9.69 Å². The molecule has 2 heterocycles. The van der Waals surface area contributed by atoms with Gasteiger partial charge in [0.15, 0.2) is 0 Å². The van der Waals surface area contributed by atoms with Gasteiger partial charge in [0, 0.05) is 30.2 Å². The average molecular weight is 366 g/mol. The highest BCUT2D eigenvalue weighted by Gasteiger charge is 2.38. The summed E-state index contributed by atoms with van der Waals surface area (Å²) in [6.07, 6.45) is 5.60. The summed E-state index contributed by atoms with van der Waals surface area (Å²) < 4.78 is 13.4. The lowest BCUT2D eigenvalue weighted by atomic mass is 9.81. The Labute approximate surface area is 160 Å². The van der Waals surface area contributed by atoms with Crippen LogP contribution < -0.4 is 5.32 Å². The van der Waals surface area contributed by atoms with Crippen LogP contribution in [0.3, 0.4) is 0 Å². The molecule has 0 radical (unpaired) electrons. The van der Waals surface area contributed by atoms with Crippen molar-refractivity contribution in [2.45, 2.75) is 63.7 Å². The molecule has 0 saturated carbocycles. The zero-order valence-corrected chi connectivity index (χ0v) is 15.8.